The molecule has 1 heterocycles. The van der Waals surface area contributed by atoms with Crippen LogP contribution in [0.2, 0.25) is 0 Å². The highest BCUT2D eigenvalue weighted by Gasteiger charge is 2.50. The van der Waals surface area contributed by atoms with Crippen LogP contribution in [-0.2, 0) is 9.53 Å². The smallest absolute Gasteiger partial charge is 0.377 e. The molecule has 0 aromatic rings. The van der Waals surface area contributed by atoms with Crippen molar-refractivity contribution in [1.29, 1.82) is 0 Å². The van der Waals surface area contributed by atoms with Gasteiger partial charge in [0, 0.05) is 12.6 Å². The first-order valence-corrected chi connectivity index (χ1v) is 7.22. The predicted molar refractivity (Wildman–Crippen MR) is 68.0 cm³/mol. The van der Waals surface area contributed by atoms with Gasteiger partial charge in [0.05, 0.1) is 6.42 Å². The molecule has 3 atom stereocenters. The van der Waals surface area contributed by atoms with Crippen LogP contribution in [0.15, 0.2) is 0 Å². The molecule has 5 heteroatoms. The van der Waals surface area contributed by atoms with E-state index < -0.39 is 24.4 Å². The van der Waals surface area contributed by atoms with Gasteiger partial charge in [0.1, 0.15) is 6.10 Å². The van der Waals surface area contributed by atoms with Gasteiger partial charge >= 0.3 is 11.9 Å². The molecule has 1 aliphatic heterocycles. The molecule has 1 saturated carbocycles. The van der Waals surface area contributed by atoms with E-state index in [9.17, 15) is 13.6 Å². The molecule has 0 amide bonds. The first-order chi connectivity index (χ1) is 8.90. The van der Waals surface area contributed by atoms with Gasteiger partial charge in [-0.3, -0.25) is 0 Å². The van der Waals surface area contributed by atoms with Gasteiger partial charge < -0.3 is 10.1 Å². The second kappa shape index (κ2) is 5.73. The third-order valence-corrected chi connectivity index (χ3v) is 4.34. The summed E-state index contributed by atoms with van der Waals surface area (Å²) in [7, 11) is 0. The summed E-state index contributed by atoms with van der Waals surface area (Å²) in [6.07, 6.45) is 3.53. The Morgan fingerprint density at radius 2 is 2.05 bits per heavy atom. The van der Waals surface area contributed by atoms with Crippen molar-refractivity contribution in [3.8, 4) is 0 Å². The zero-order valence-electron chi connectivity index (χ0n) is 11.6. The molecular formula is C14H23F2NO2. The third kappa shape index (κ3) is 3.44. The fourth-order valence-electron chi connectivity index (χ4n) is 3.26. The number of hydrogen-bond acceptors (Lipinski definition) is 3. The van der Waals surface area contributed by atoms with E-state index in [1.165, 1.54) is 19.3 Å². The zero-order chi connectivity index (χ0) is 14.0. The molecule has 0 spiro atoms. The summed E-state index contributed by atoms with van der Waals surface area (Å²) >= 11 is 0. The number of carbonyl (C=O) groups is 1. The Morgan fingerprint density at radius 1 is 1.37 bits per heavy atom. The number of esters is 1. The maximum absolute atomic E-state index is 13.1. The fourth-order valence-corrected chi connectivity index (χ4v) is 3.26. The summed E-state index contributed by atoms with van der Waals surface area (Å²) in [6.45, 7) is 4.75. The van der Waals surface area contributed by atoms with Gasteiger partial charge in [-0.1, -0.05) is 26.7 Å². The third-order valence-electron chi connectivity index (χ3n) is 4.34. The SMILES string of the molecule is CC(C)C1CCCCC1NCC1CC(F)(F)C(=O)O1. The summed E-state index contributed by atoms with van der Waals surface area (Å²) in [5.74, 6) is -3.49. The lowest BCUT2D eigenvalue weighted by Gasteiger charge is -2.35. The highest BCUT2D eigenvalue weighted by atomic mass is 19.3. The molecule has 1 saturated heterocycles. The molecule has 3 nitrogen and oxygen atoms in total. The van der Waals surface area contributed by atoms with Gasteiger partial charge in [0.2, 0.25) is 0 Å². The largest absolute Gasteiger partial charge is 0.456 e. The monoisotopic (exact) mass is 275 g/mol. The van der Waals surface area contributed by atoms with Crippen LogP contribution in [-0.4, -0.2) is 30.6 Å². The second-order valence-electron chi connectivity index (χ2n) is 6.14. The first kappa shape index (κ1) is 14.7. The molecule has 0 bridgehead atoms. The van der Waals surface area contributed by atoms with Gasteiger partial charge in [-0.25, -0.2) is 4.79 Å². The van der Waals surface area contributed by atoms with Crippen LogP contribution in [0, 0.1) is 11.8 Å². The molecule has 2 rings (SSSR count). The molecule has 2 fully saturated rings. The van der Waals surface area contributed by atoms with Crippen LogP contribution in [0.1, 0.15) is 46.0 Å². The van der Waals surface area contributed by atoms with Crippen LogP contribution >= 0.6 is 0 Å². The number of hydrogen-bond donors (Lipinski definition) is 1. The summed E-state index contributed by atoms with van der Waals surface area (Å²) in [4.78, 5) is 10.9. The van der Waals surface area contributed by atoms with Gasteiger partial charge in [-0.15, -0.1) is 0 Å². The van der Waals surface area contributed by atoms with Crippen molar-refractivity contribution in [3.63, 3.8) is 0 Å². The van der Waals surface area contributed by atoms with Crippen LogP contribution in [0.4, 0.5) is 8.78 Å². The van der Waals surface area contributed by atoms with Crippen LogP contribution in [0.25, 0.3) is 0 Å². The fraction of sp³-hybridized carbons (Fsp3) is 0.929. The quantitative estimate of drug-likeness (QED) is 0.802. The molecule has 110 valence electrons. The standard InChI is InChI=1S/C14H23F2NO2/c1-9(2)11-5-3-4-6-12(11)17-8-10-7-14(15,16)13(18)19-10/h9-12,17H,3-8H2,1-2H3. The average molecular weight is 275 g/mol. The molecule has 0 aromatic heterocycles. The Kier molecular flexibility index (Phi) is 4.43. The molecule has 0 radical (unpaired) electrons. The molecule has 1 aliphatic carbocycles. The maximum Gasteiger partial charge on any atom is 0.377 e. The lowest BCUT2D eigenvalue weighted by molar-refractivity contribution is -0.159. The minimum absolute atomic E-state index is 0.342. The number of carbonyl (C=O) groups excluding carboxylic acids is 1. The molecular weight excluding hydrogens is 252 g/mol. The van der Waals surface area contributed by atoms with Crippen LogP contribution in [0.5, 0.6) is 0 Å². The van der Waals surface area contributed by atoms with E-state index in [0.29, 0.717) is 24.4 Å². The minimum atomic E-state index is -3.30. The van der Waals surface area contributed by atoms with Gasteiger partial charge in [0.25, 0.3) is 0 Å². The zero-order valence-corrected chi connectivity index (χ0v) is 11.6. The van der Waals surface area contributed by atoms with E-state index in [1.54, 1.807) is 0 Å². The Morgan fingerprint density at radius 3 is 2.63 bits per heavy atom. The lowest BCUT2D eigenvalue weighted by atomic mass is 9.78. The Hall–Kier alpha value is -0.710. The van der Waals surface area contributed by atoms with Gasteiger partial charge in [-0.2, -0.15) is 8.78 Å². The summed E-state index contributed by atoms with van der Waals surface area (Å²) in [5.41, 5.74) is 0. The molecule has 1 N–H and O–H groups in total. The molecule has 2 aliphatic rings. The van der Waals surface area contributed by atoms with E-state index in [4.69, 9.17) is 4.74 Å². The number of ether oxygens (including phenoxy) is 1. The predicted octanol–water partition coefficient (Wildman–Crippen LogP) is 2.74. The van der Waals surface area contributed by atoms with Gasteiger partial charge in [-0.05, 0) is 24.7 Å². The van der Waals surface area contributed by atoms with E-state index in [-0.39, 0.29) is 0 Å². The number of halogens is 2. The Labute approximate surface area is 113 Å². The topological polar surface area (TPSA) is 38.3 Å². The number of rotatable bonds is 4. The minimum Gasteiger partial charge on any atom is -0.456 e. The van der Waals surface area contributed by atoms with Crippen molar-refractivity contribution in [3.05, 3.63) is 0 Å². The van der Waals surface area contributed by atoms with Crippen molar-refractivity contribution in [2.24, 2.45) is 11.8 Å². The van der Waals surface area contributed by atoms with Crippen molar-refractivity contribution >= 4 is 5.97 Å². The highest BCUT2D eigenvalue weighted by Crippen LogP contribution is 2.32. The first-order valence-electron chi connectivity index (χ1n) is 7.22. The van der Waals surface area contributed by atoms with E-state index in [1.807, 2.05) is 0 Å². The van der Waals surface area contributed by atoms with E-state index >= 15 is 0 Å². The van der Waals surface area contributed by atoms with Crippen molar-refractivity contribution in [2.75, 3.05) is 6.54 Å². The molecule has 0 aromatic carbocycles. The van der Waals surface area contributed by atoms with Gasteiger partial charge in [0.15, 0.2) is 0 Å². The molecule has 19 heavy (non-hydrogen) atoms. The Bertz CT molecular complexity index is 333. The average Bonchev–Trinajstić information content (AvgIpc) is 2.61. The van der Waals surface area contributed by atoms with E-state index in [0.717, 1.165) is 6.42 Å². The number of cyclic esters (lactones) is 1. The van der Waals surface area contributed by atoms with E-state index in [2.05, 4.69) is 19.2 Å². The van der Waals surface area contributed by atoms with Crippen LogP contribution in [0.3, 0.4) is 0 Å². The Balaban J connectivity index is 1.83. The van der Waals surface area contributed by atoms with Crippen molar-refractivity contribution in [2.45, 2.75) is 64.0 Å². The maximum atomic E-state index is 13.1. The second-order valence-corrected chi connectivity index (χ2v) is 6.14. The van der Waals surface area contributed by atoms with Crippen molar-refractivity contribution < 1.29 is 18.3 Å². The summed E-state index contributed by atoms with van der Waals surface area (Å²) in [6, 6.07) is 0.363. The lowest BCUT2D eigenvalue weighted by Crippen LogP contribution is -2.44. The molecule has 3 unspecified atom stereocenters. The summed E-state index contributed by atoms with van der Waals surface area (Å²) < 4.78 is 30.8. The normalized spacial score (nSPS) is 34.6. The number of alkyl halides is 2. The van der Waals surface area contributed by atoms with Crippen LogP contribution < -0.4 is 5.32 Å². The summed E-state index contributed by atoms with van der Waals surface area (Å²) in [5, 5.41) is 3.34. The number of nitrogens with one attached hydrogen (secondary N) is 1. The van der Waals surface area contributed by atoms with Crippen molar-refractivity contribution in [1.82, 2.24) is 5.32 Å². The highest BCUT2D eigenvalue weighted by molar-refractivity contribution is 5.79.